The smallest absolute Gasteiger partial charge is 0.256 e. The average molecular weight is 313 g/mol. The van der Waals surface area contributed by atoms with Crippen molar-refractivity contribution in [3.8, 4) is 5.75 Å². The zero-order valence-electron chi connectivity index (χ0n) is 10.0. The minimum atomic E-state index is -3.41. The van der Waals surface area contributed by atoms with Gasteiger partial charge < -0.3 is 10.5 Å². The number of nitrogens with two attached hydrogens (primary N) is 1. The molecular weight excluding hydrogens is 296 g/mol. The summed E-state index contributed by atoms with van der Waals surface area (Å²) in [5, 5.41) is 1.72. The van der Waals surface area contributed by atoms with Crippen LogP contribution in [0.5, 0.6) is 5.75 Å². The molecule has 104 valence electrons. The fraction of sp³-hybridized carbons (Fsp3) is 0.600. The maximum atomic E-state index is 12.4. The van der Waals surface area contributed by atoms with Crippen LogP contribution >= 0.6 is 23.7 Å². The number of ether oxygens (including phenoxy) is 1. The van der Waals surface area contributed by atoms with Gasteiger partial charge in [-0.1, -0.05) is 0 Å². The third-order valence-electron chi connectivity index (χ3n) is 2.97. The molecule has 0 radical (unpaired) electrons. The Morgan fingerprint density at radius 1 is 1.61 bits per heavy atom. The van der Waals surface area contributed by atoms with Crippen molar-refractivity contribution in [1.29, 1.82) is 0 Å². The van der Waals surface area contributed by atoms with Crippen molar-refractivity contribution in [2.75, 3.05) is 26.7 Å². The summed E-state index contributed by atoms with van der Waals surface area (Å²) in [4.78, 5) is 0. The van der Waals surface area contributed by atoms with Gasteiger partial charge in [0.1, 0.15) is 5.75 Å². The number of sulfonamides is 1. The third kappa shape index (κ3) is 2.80. The van der Waals surface area contributed by atoms with Crippen LogP contribution in [0.4, 0.5) is 0 Å². The van der Waals surface area contributed by atoms with Crippen LogP contribution in [-0.4, -0.2) is 39.5 Å². The first-order valence-corrected chi connectivity index (χ1v) is 7.73. The van der Waals surface area contributed by atoms with Gasteiger partial charge in [0.2, 0.25) is 0 Å². The van der Waals surface area contributed by atoms with Crippen LogP contribution in [-0.2, 0) is 10.0 Å². The number of nitrogens with zero attached hydrogens (tertiary/aromatic N) is 1. The summed E-state index contributed by atoms with van der Waals surface area (Å²) >= 11 is 1.19. The normalized spacial score (nSPS) is 20.7. The molecule has 18 heavy (non-hydrogen) atoms. The molecule has 1 aliphatic rings. The maximum absolute atomic E-state index is 12.4. The van der Waals surface area contributed by atoms with E-state index >= 15 is 0 Å². The molecule has 1 saturated heterocycles. The van der Waals surface area contributed by atoms with Crippen LogP contribution in [0.2, 0.25) is 0 Å². The summed E-state index contributed by atoms with van der Waals surface area (Å²) in [6.07, 6.45) is 0.837. The van der Waals surface area contributed by atoms with Gasteiger partial charge in [0.25, 0.3) is 10.0 Å². The van der Waals surface area contributed by atoms with Crippen molar-refractivity contribution in [1.82, 2.24) is 4.31 Å². The summed E-state index contributed by atoms with van der Waals surface area (Å²) in [5.74, 6) is 0.696. The van der Waals surface area contributed by atoms with E-state index in [-0.39, 0.29) is 22.5 Å². The quantitative estimate of drug-likeness (QED) is 0.905. The van der Waals surface area contributed by atoms with Gasteiger partial charge in [0, 0.05) is 13.1 Å². The minimum Gasteiger partial charge on any atom is -0.494 e. The Balaban J connectivity index is 0.00000162. The van der Waals surface area contributed by atoms with Crippen LogP contribution in [0, 0.1) is 5.92 Å². The van der Waals surface area contributed by atoms with Gasteiger partial charge in [-0.05, 0) is 30.3 Å². The van der Waals surface area contributed by atoms with E-state index in [1.54, 1.807) is 11.4 Å². The SMILES string of the molecule is COc1ccsc1S(=O)(=O)N1CCC(CN)C1.Cl. The highest BCUT2D eigenvalue weighted by Crippen LogP contribution is 2.34. The zero-order valence-corrected chi connectivity index (χ0v) is 12.5. The largest absolute Gasteiger partial charge is 0.494 e. The molecule has 0 amide bonds. The number of thiophene rings is 1. The van der Waals surface area contributed by atoms with Crippen LogP contribution in [0.1, 0.15) is 6.42 Å². The van der Waals surface area contributed by atoms with Crippen molar-refractivity contribution in [3.63, 3.8) is 0 Å². The first kappa shape index (κ1) is 15.7. The zero-order chi connectivity index (χ0) is 12.5. The summed E-state index contributed by atoms with van der Waals surface area (Å²) in [6, 6.07) is 1.67. The molecule has 1 fully saturated rings. The fourth-order valence-corrected chi connectivity index (χ4v) is 4.89. The monoisotopic (exact) mass is 312 g/mol. The molecule has 1 aliphatic heterocycles. The molecular formula is C10H17ClN2O3S2. The topological polar surface area (TPSA) is 72.6 Å². The van der Waals surface area contributed by atoms with Gasteiger partial charge in [-0.3, -0.25) is 0 Å². The Kier molecular flexibility index (Phi) is 5.42. The number of methoxy groups -OCH3 is 1. The van der Waals surface area contributed by atoms with Crippen molar-refractivity contribution in [2.24, 2.45) is 11.7 Å². The van der Waals surface area contributed by atoms with Gasteiger partial charge in [-0.15, -0.1) is 23.7 Å². The lowest BCUT2D eigenvalue weighted by Crippen LogP contribution is -2.29. The molecule has 2 rings (SSSR count). The number of halogens is 1. The van der Waals surface area contributed by atoms with Gasteiger partial charge in [-0.25, -0.2) is 8.42 Å². The van der Waals surface area contributed by atoms with Crippen molar-refractivity contribution < 1.29 is 13.2 Å². The second-order valence-corrected chi connectivity index (χ2v) is 7.08. The molecule has 1 aromatic heterocycles. The molecule has 1 unspecified atom stereocenters. The molecule has 8 heteroatoms. The van der Waals surface area contributed by atoms with E-state index in [4.69, 9.17) is 10.5 Å². The lowest BCUT2D eigenvalue weighted by molar-refractivity contribution is 0.402. The van der Waals surface area contributed by atoms with E-state index in [2.05, 4.69) is 0 Å². The van der Waals surface area contributed by atoms with Crippen molar-refractivity contribution in [2.45, 2.75) is 10.6 Å². The highest BCUT2D eigenvalue weighted by atomic mass is 35.5. The van der Waals surface area contributed by atoms with Crippen LogP contribution in [0.15, 0.2) is 15.7 Å². The molecule has 2 heterocycles. The van der Waals surface area contributed by atoms with Crippen molar-refractivity contribution >= 4 is 33.8 Å². The van der Waals surface area contributed by atoms with E-state index in [1.165, 1.54) is 22.8 Å². The van der Waals surface area contributed by atoms with E-state index in [0.29, 0.717) is 25.4 Å². The van der Waals surface area contributed by atoms with Crippen LogP contribution in [0.25, 0.3) is 0 Å². The highest BCUT2D eigenvalue weighted by Gasteiger charge is 2.34. The molecule has 0 bridgehead atoms. The molecule has 2 N–H and O–H groups in total. The molecule has 1 atom stereocenters. The Hall–Kier alpha value is -0.340. The summed E-state index contributed by atoms with van der Waals surface area (Å²) in [7, 11) is -1.93. The van der Waals surface area contributed by atoms with Gasteiger partial charge in [0.05, 0.1) is 7.11 Å². The molecule has 1 aromatic rings. The number of hydrogen-bond acceptors (Lipinski definition) is 5. The Bertz CT molecular complexity index is 489. The molecule has 0 aromatic carbocycles. The Morgan fingerprint density at radius 3 is 2.89 bits per heavy atom. The first-order chi connectivity index (χ1) is 8.09. The molecule has 0 spiro atoms. The third-order valence-corrected chi connectivity index (χ3v) is 6.26. The van der Waals surface area contributed by atoms with E-state index in [9.17, 15) is 8.42 Å². The minimum absolute atomic E-state index is 0. The number of hydrogen-bond donors (Lipinski definition) is 1. The van der Waals surface area contributed by atoms with Crippen molar-refractivity contribution in [3.05, 3.63) is 11.4 Å². The lowest BCUT2D eigenvalue weighted by atomic mass is 10.1. The van der Waals surface area contributed by atoms with Gasteiger partial charge in [0.15, 0.2) is 4.21 Å². The molecule has 0 aliphatic carbocycles. The fourth-order valence-electron chi connectivity index (χ4n) is 1.95. The summed E-state index contributed by atoms with van der Waals surface area (Å²) in [6.45, 7) is 1.60. The second kappa shape index (κ2) is 6.21. The van der Waals surface area contributed by atoms with E-state index < -0.39 is 10.0 Å². The summed E-state index contributed by atoms with van der Waals surface area (Å²) < 4.78 is 31.6. The summed E-state index contributed by atoms with van der Waals surface area (Å²) in [5.41, 5.74) is 5.57. The predicted molar refractivity (Wildman–Crippen MR) is 74.0 cm³/mol. The van der Waals surface area contributed by atoms with E-state index in [1.807, 2.05) is 0 Å². The Labute approximate surface area is 117 Å². The van der Waals surface area contributed by atoms with Gasteiger partial charge >= 0.3 is 0 Å². The average Bonchev–Trinajstić information content (AvgIpc) is 2.97. The predicted octanol–water partition coefficient (Wildman–Crippen LogP) is 1.15. The van der Waals surface area contributed by atoms with E-state index in [0.717, 1.165) is 6.42 Å². The van der Waals surface area contributed by atoms with Crippen LogP contribution in [0.3, 0.4) is 0 Å². The second-order valence-electron chi connectivity index (χ2n) is 4.03. The lowest BCUT2D eigenvalue weighted by Gasteiger charge is -2.15. The molecule has 0 saturated carbocycles. The highest BCUT2D eigenvalue weighted by molar-refractivity contribution is 7.91. The first-order valence-electron chi connectivity index (χ1n) is 5.41. The Morgan fingerprint density at radius 2 is 2.33 bits per heavy atom. The van der Waals surface area contributed by atoms with Crippen LogP contribution < -0.4 is 10.5 Å². The van der Waals surface area contributed by atoms with Gasteiger partial charge in [-0.2, -0.15) is 4.31 Å². The number of rotatable bonds is 4. The molecule has 5 nitrogen and oxygen atoms in total. The maximum Gasteiger partial charge on any atom is 0.256 e. The standard InChI is InChI=1S/C10H16N2O3S2.ClH/c1-15-9-3-5-16-10(9)17(13,14)12-4-2-8(6-11)7-12;/h3,5,8H,2,4,6-7,11H2,1H3;1H.